The lowest BCUT2D eigenvalue weighted by Gasteiger charge is -2.22. The third-order valence-electron chi connectivity index (χ3n) is 3.50. The van der Waals surface area contributed by atoms with Gasteiger partial charge in [-0.2, -0.15) is 0 Å². The van der Waals surface area contributed by atoms with Crippen molar-refractivity contribution in [2.75, 3.05) is 26.7 Å². The normalized spacial score (nSPS) is 15.7. The van der Waals surface area contributed by atoms with Crippen LogP contribution in [-0.2, 0) is 9.53 Å². The second-order valence-electron chi connectivity index (χ2n) is 5.00. The first-order valence-electron chi connectivity index (χ1n) is 7.18. The van der Waals surface area contributed by atoms with E-state index in [1.165, 1.54) is 7.11 Å². The van der Waals surface area contributed by atoms with E-state index in [-0.39, 0.29) is 11.9 Å². The van der Waals surface area contributed by atoms with Crippen LogP contribution in [0.1, 0.15) is 42.2 Å². The molecule has 0 aliphatic carbocycles. The zero-order valence-electron chi connectivity index (χ0n) is 12.2. The lowest BCUT2D eigenvalue weighted by atomic mass is 10.1. The van der Waals surface area contributed by atoms with Gasteiger partial charge in [0, 0.05) is 13.0 Å². The molecule has 0 radical (unpaired) electrons. The van der Waals surface area contributed by atoms with Crippen LogP contribution in [0, 0.1) is 0 Å². The maximum Gasteiger partial charge on any atom is 0.305 e. The van der Waals surface area contributed by atoms with Crippen molar-refractivity contribution in [3.05, 3.63) is 11.9 Å². The molecule has 1 aromatic heterocycles. The molecule has 1 fully saturated rings. The van der Waals surface area contributed by atoms with Gasteiger partial charge in [0.05, 0.1) is 19.3 Å². The molecule has 1 saturated heterocycles. The summed E-state index contributed by atoms with van der Waals surface area (Å²) in [7, 11) is 1.35. The van der Waals surface area contributed by atoms with Crippen molar-refractivity contribution in [2.24, 2.45) is 0 Å². The summed E-state index contributed by atoms with van der Waals surface area (Å²) in [5.74, 6) is -0.541. The van der Waals surface area contributed by atoms with Crippen LogP contribution in [0.4, 0.5) is 0 Å². The number of carbonyl (C=O) groups excluding carboxylic acids is 2. The summed E-state index contributed by atoms with van der Waals surface area (Å²) < 4.78 is 6.30. The highest BCUT2D eigenvalue weighted by Gasteiger charge is 2.18. The van der Waals surface area contributed by atoms with Crippen LogP contribution in [-0.4, -0.2) is 53.6 Å². The van der Waals surface area contributed by atoms with Gasteiger partial charge in [0.2, 0.25) is 0 Å². The molecule has 1 aliphatic heterocycles. The number of hydrogen-bond donors (Lipinski definition) is 2. The van der Waals surface area contributed by atoms with E-state index in [0.29, 0.717) is 31.1 Å². The maximum absolute atomic E-state index is 11.9. The molecule has 0 aromatic carbocycles. The van der Waals surface area contributed by atoms with Crippen molar-refractivity contribution in [3.8, 4) is 0 Å². The van der Waals surface area contributed by atoms with Crippen molar-refractivity contribution in [2.45, 2.75) is 31.7 Å². The quantitative estimate of drug-likeness (QED) is 0.561. The predicted molar refractivity (Wildman–Crippen MR) is 74.7 cm³/mol. The van der Waals surface area contributed by atoms with Crippen molar-refractivity contribution in [1.29, 1.82) is 0 Å². The van der Waals surface area contributed by atoms with Crippen molar-refractivity contribution >= 4 is 11.9 Å². The molecule has 0 bridgehead atoms. The zero-order chi connectivity index (χ0) is 15.1. The van der Waals surface area contributed by atoms with Gasteiger partial charge in [0.25, 0.3) is 5.91 Å². The van der Waals surface area contributed by atoms with Gasteiger partial charge >= 0.3 is 5.97 Å². The summed E-state index contributed by atoms with van der Waals surface area (Å²) in [5, 5.41) is 13.9. The number of hydrogen-bond acceptors (Lipinski definition) is 6. The number of methoxy groups -OCH3 is 1. The monoisotopic (exact) mass is 295 g/mol. The van der Waals surface area contributed by atoms with Gasteiger partial charge in [-0.1, -0.05) is 5.21 Å². The highest BCUT2D eigenvalue weighted by molar-refractivity contribution is 5.91. The lowest BCUT2D eigenvalue weighted by molar-refractivity contribution is -0.140. The van der Waals surface area contributed by atoms with Crippen LogP contribution in [0.5, 0.6) is 0 Å². The molecule has 2 rings (SSSR count). The molecule has 1 aliphatic rings. The summed E-state index contributed by atoms with van der Waals surface area (Å²) in [4.78, 5) is 22.8. The smallest absolute Gasteiger partial charge is 0.305 e. The highest BCUT2D eigenvalue weighted by Crippen LogP contribution is 2.16. The molecule has 1 amide bonds. The van der Waals surface area contributed by atoms with Gasteiger partial charge < -0.3 is 15.4 Å². The van der Waals surface area contributed by atoms with Crippen LogP contribution in [0.2, 0.25) is 0 Å². The fourth-order valence-corrected chi connectivity index (χ4v) is 2.26. The Hall–Kier alpha value is -1.96. The van der Waals surface area contributed by atoms with E-state index >= 15 is 0 Å². The Morgan fingerprint density at radius 3 is 2.95 bits per heavy atom. The standard InChI is InChI=1S/C13H21N5O3/c1-21-12(19)3-2-6-15-13(20)11-9-18(17-16-11)10-4-7-14-8-5-10/h9-10,14H,2-8H2,1H3,(H,15,20). The molecule has 2 N–H and O–H groups in total. The Morgan fingerprint density at radius 2 is 2.24 bits per heavy atom. The molecule has 0 saturated carbocycles. The van der Waals surface area contributed by atoms with Gasteiger partial charge in [-0.25, -0.2) is 4.68 Å². The molecule has 21 heavy (non-hydrogen) atoms. The van der Waals surface area contributed by atoms with Crippen LogP contribution in [0.25, 0.3) is 0 Å². The molecule has 2 heterocycles. The second kappa shape index (κ2) is 7.72. The summed E-state index contributed by atoms with van der Waals surface area (Å²) in [5.41, 5.74) is 0.312. The van der Waals surface area contributed by atoms with E-state index in [9.17, 15) is 9.59 Å². The molecule has 0 spiro atoms. The first kappa shape index (κ1) is 15.4. The Morgan fingerprint density at radius 1 is 1.48 bits per heavy atom. The number of esters is 1. The number of carbonyl (C=O) groups is 2. The van der Waals surface area contributed by atoms with Crippen LogP contribution < -0.4 is 10.6 Å². The van der Waals surface area contributed by atoms with Gasteiger partial charge in [-0.3, -0.25) is 9.59 Å². The van der Waals surface area contributed by atoms with Gasteiger partial charge in [0.15, 0.2) is 5.69 Å². The van der Waals surface area contributed by atoms with E-state index in [1.54, 1.807) is 10.9 Å². The number of amides is 1. The topological polar surface area (TPSA) is 98.1 Å². The fraction of sp³-hybridized carbons (Fsp3) is 0.692. The number of rotatable bonds is 6. The number of aromatic nitrogens is 3. The predicted octanol–water partition coefficient (Wildman–Crippen LogP) is -0.114. The lowest BCUT2D eigenvalue weighted by Crippen LogP contribution is -2.29. The van der Waals surface area contributed by atoms with Crippen LogP contribution >= 0.6 is 0 Å². The molecular weight excluding hydrogens is 274 g/mol. The molecule has 0 atom stereocenters. The second-order valence-corrected chi connectivity index (χ2v) is 5.00. The third kappa shape index (κ3) is 4.52. The van der Waals surface area contributed by atoms with Gasteiger partial charge in [-0.05, 0) is 32.4 Å². The summed E-state index contributed by atoms with van der Waals surface area (Å²) in [6.07, 6.45) is 4.50. The van der Waals surface area contributed by atoms with Crippen molar-refractivity contribution < 1.29 is 14.3 Å². The third-order valence-corrected chi connectivity index (χ3v) is 3.50. The maximum atomic E-state index is 11.9. The number of nitrogens with one attached hydrogen (secondary N) is 2. The van der Waals surface area contributed by atoms with E-state index < -0.39 is 0 Å². The molecule has 8 heteroatoms. The van der Waals surface area contributed by atoms with Gasteiger partial charge in [-0.15, -0.1) is 5.10 Å². The summed E-state index contributed by atoms with van der Waals surface area (Å²) in [6.45, 7) is 2.33. The Balaban J connectivity index is 1.77. The molecule has 8 nitrogen and oxygen atoms in total. The Kier molecular flexibility index (Phi) is 5.68. The molecule has 1 aromatic rings. The first-order chi connectivity index (χ1) is 10.2. The largest absolute Gasteiger partial charge is 0.469 e. The number of piperidine rings is 1. The Bertz CT molecular complexity index is 482. The summed E-state index contributed by atoms with van der Waals surface area (Å²) in [6, 6.07) is 0.305. The average molecular weight is 295 g/mol. The first-order valence-corrected chi connectivity index (χ1v) is 7.18. The van der Waals surface area contributed by atoms with E-state index in [1.807, 2.05) is 0 Å². The van der Waals surface area contributed by atoms with Crippen LogP contribution in [0.3, 0.4) is 0 Å². The molecular formula is C13H21N5O3. The summed E-state index contributed by atoms with van der Waals surface area (Å²) >= 11 is 0. The van der Waals surface area contributed by atoms with E-state index in [4.69, 9.17) is 0 Å². The van der Waals surface area contributed by atoms with E-state index in [0.717, 1.165) is 25.9 Å². The van der Waals surface area contributed by atoms with Crippen molar-refractivity contribution in [1.82, 2.24) is 25.6 Å². The minimum Gasteiger partial charge on any atom is -0.469 e. The Labute approximate surface area is 123 Å². The zero-order valence-corrected chi connectivity index (χ0v) is 12.2. The van der Waals surface area contributed by atoms with Crippen molar-refractivity contribution in [3.63, 3.8) is 0 Å². The minimum atomic E-state index is -0.277. The van der Waals surface area contributed by atoms with Gasteiger partial charge in [0.1, 0.15) is 0 Å². The van der Waals surface area contributed by atoms with Crippen LogP contribution in [0.15, 0.2) is 6.20 Å². The SMILES string of the molecule is COC(=O)CCCNC(=O)c1cn(C2CCNCC2)nn1. The highest BCUT2D eigenvalue weighted by atomic mass is 16.5. The molecule has 116 valence electrons. The minimum absolute atomic E-state index is 0.264. The molecule has 0 unspecified atom stereocenters. The number of ether oxygens (including phenoxy) is 1. The number of nitrogens with zero attached hydrogens (tertiary/aromatic N) is 3. The van der Waals surface area contributed by atoms with E-state index in [2.05, 4.69) is 25.7 Å². The average Bonchev–Trinajstić information content (AvgIpc) is 3.02. The fourth-order valence-electron chi connectivity index (χ4n) is 2.26.